The van der Waals surface area contributed by atoms with Crippen molar-refractivity contribution in [1.82, 2.24) is 4.98 Å². The minimum absolute atomic E-state index is 0.00630. The molecule has 0 aliphatic heterocycles. The van der Waals surface area contributed by atoms with E-state index < -0.39 is 34.0 Å². The number of rotatable bonds is 3. The van der Waals surface area contributed by atoms with E-state index in [9.17, 15) is 28.1 Å². The number of carbonyl (C=O) groups is 1. The first-order valence-electron chi connectivity index (χ1n) is 4.66. The minimum Gasteiger partial charge on any atom is -0.462 e. The van der Waals surface area contributed by atoms with Gasteiger partial charge in [0.15, 0.2) is 0 Å². The number of hydrogen-bond acceptors (Lipinski definition) is 5. The fourth-order valence-electron chi connectivity index (χ4n) is 1.14. The Kier molecular flexibility index (Phi) is 3.84. The molecule has 1 rings (SSSR count). The molecule has 0 aliphatic carbocycles. The Morgan fingerprint density at radius 2 is 2.17 bits per heavy atom. The largest absolute Gasteiger partial charge is 0.462 e. The maximum atomic E-state index is 12.4. The van der Waals surface area contributed by atoms with Crippen molar-refractivity contribution >= 4 is 11.7 Å². The Morgan fingerprint density at radius 1 is 1.56 bits per heavy atom. The van der Waals surface area contributed by atoms with Crippen LogP contribution in [0.5, 0.6) is 0 Å². The lowest BCUT2D eigenvalue weighted by Gasteiger charge is -2.07. The molecule has 1 heterocycles. The third-order valence-electron chi connectivity index (χ3n) is 1.84. The zero-order chi connectivity index (χ0) is 13.9. The SMILES string of the molecule is CCOC(=O)c1cnc(C(F)(F)F)c([N+](=O)[O-])c1. The number of alkyl halides is 3. The van der Waals surface area contributed by atoms with Crippen LogP contribution in [0.25, 0.3) is 0 Å². The fourth-order valence-corrected chi connectivity index (χ4v) is 1.14. The molecule has 18 heavy (non-hydrogen) atoms. The van der Waals surface area contributed by atoms with E-state index in [4.69, 9.17) is 0 Å². The predicted molar refractivity (Wildman–Crippen MR) is 51.8 cm³/mol. The van der Waals surface area contributed by atoms with Gasteiger partial charge in [0, 0.05) is 12.3 Å². The van der Waals surface area contributed by atoms with Crippen LogP contribution in [-0.4, -0.2) is 22.5 Å². The number of esters is 1. The summed E-state index contributed by atoms with van der Waals surface area (Å²) in [5.74, 6) is -0.971. The summed E-state index contributed by atoms with van der Waals surface area (Å²) in [6.45, 7) is 1.48. The van der Waals surface area contributed by atoms with E-state index >= 15 is 0 Å². The molecular formula is C9H7F3N2O4. The van der Waals surface area contributed by atoms with E-state index in [2.05, 4.69) is 9.72 Å². The molecule has 0 saturated heterocycles. The summed E-state index contributed by atoms with van der Waals surface area (Å²) in [4.78, 5) is 23.4. The highest BCUT2D eigenvalue weighted by atomic mass is 19.4. The molecule has 1 aromatic rings. The molecule has 0 aromatic carbocycles. The molecule has 0 saturated carbocycles. The Hall–Kier alpha value is -2.19. The van der Waals surface area contributed by atoms with Crippen molar-refractivity contribution < 1.29 is 27.6 Å². The van der Waals surface area contributed by atoms with Crippen LogP contribution >= 0.6 is 0 Å². The zero-order valence-corrected chi connectivity index (χ0v) is 9.02. The van der Waals surface area contributed by atoms with Gasteiger partial charge in [0.05, 0.1) is 17.1 Å². The maximum absolute atomic E-state index is 12.4. The van der Waals surface area contributed by atoms with Crippen molar-refractivity contribution in [2.24, 2.45) is 0 Å². The van der Waals surface area contributed by atoms with Gasteiger partial charge in [-0.15, -0.1) is 0 Å². The molecule has 0 radical (unpaired) electrons. The summed E-state index contributed by atoms with van der Waals surface area (Å²) in [5, 5.41) is 10.5. The summed E-state index contributed by atoms with van der Waals surface area (Å²) in [5.41, 5.74) is -3.34. The smallest absolute Gasteiger partial charge is 0.440 e. The van der Waals surface area contributed by atoms with Crippen molar-refractivity contribution in [3.63, 3.8) is 0 Å². The van der Waals surface area contributed by atoms with Gasteiger partial charge in [0.2, 0.25) is 5.69 Å². The summed E-state index contributed by atoms with van der Waals surface area (Å²) in [7, 11) is 0. The number of hydrogen-bond donors (Lipinski definition) is 0. The van der Waals surface area contributed by atoms with Crippen LogP contribution in [0.1, 0.15) is 23.0 Å². The second-order valence-corrected chi connectivity index (χ2v) is 3.07. The number of nitrogens with zero attached hydrogens (tertiary/aromatic N) is 2. The number of halogens is 3. The topological polar surface area (TPSA) is 82.3 Å². The van der Waals surface area contributed by atoms with Crippen molar-refractivity contribution in [2.75, 3.05) is 6.61 Å². The lowest BCUT2D eigenvalue weighted by atomic mass is 10.2. The lowest BCUT2D eigenvalue weighted by molar-refractivity contribution is -0.388. The highest BCUT2D eigenvalue weighted by molar-refractivity contribution is 5.89. The third-order valence-corrected chi connectivity index (χ3v) is 1.84. The van der Waals surface area contributed by atoms with Crippen LogP contribution in [0.3, 0.4) is 0 Å². The Balaban J connectivity index is 3.28. The highest BCUT2D eigenvalue weighted by Gasteiger charge is 2.40. The maximum Gasteiger partial charge on any atom is 0.440 e. The van der Waals surface area contributed by atoms with E-state index in [0.29, 0.717) is 12.3 Å². The Morgan fingerprint density at radius 3 is 2.61 bits per heavy atom. The normalized spacial score (nSPS) is 11.1. The molecule has 0 bridgehead atoms. The van der Waals surface area contributed by atoms with Crippen molar-refractivity contribution in [3.8, 4) is 0 Å². The van der Waals surface area contributed by atoms with Crippen molar-refractivity contribution in [2.45, 2.75) is 13.1 Å². The molecule has 0 amide bonds. The van der Waals surface area contributed by atoms with Gasteiger partial charge in [0.1, 0.15) is 0 Å². The number of nitro groups is 1. The molecular weight excluding hydrogens is 257 g/mol. The number of pyridine rings is 1. The average molecular weight is 264 g/mol. The first kappa shape index (κ1) is 13.9. The van der Waals surface area contributed by atoms with Gasteiger partial charge < -0.3 is 4.74 Å². The second-order valence-electron chi connectivity index (χ2n) is 3.07. The molecule has 0 spiro atoms. The standard InChI is InChI=1S/C9H7F3N2O4/c1-2-18-8(15)5-3-6(14(16)17)7(13-4-5)9(10,11)12/h3-4H,2H2,1H3. The van der Waals surface area contributed by atoms with Gasteiger partial charge in [-0.3, -0.25) is 10.1 Å². The summed E-state index contributed by atoms with van der Waals surface area (Å²) < 4.78 is 41.7. The van der Waals surface area contributed by atoms with Crippen molar-refractivity contribution in [1.29, 1.82) is 0 Å². The molecule has 0 aliphatic rings. The first-order chi connectivity index (χ1) is 8.27. The van der Waals surface area contributed by atoms with Crippen LogP contribution in [0, 0.1) is 10.1 Å². The van der Waals surface area contributed by atoms with E-state index in [-0.39, 0.29) is 6.61 Å². The van der Waals surface area contributed by atoms with E-state index in [1.54, 1.807) is 0 Å². The molecule has 6 nitrogen and oxygen atoms in total. The lowest BCUT2D eigenvalue weighted by Crippen LogP contribution is -2.14. The number of aromatic nitrogens is 1. The summed E-state index contributed by atoms with van der Waals surface area (Å²) in [6, 6.07) is 0.494. The van der Waals surface area contributed by atoms with Crippen LogP contribution in [0.2, 0.25) is 0 Å². The summed E-state index contributed by atoms with van der Waals surface area (Å²) >= 11 is 0. The summed E-state index contributed by atoms with van der Waals surface area (Å²) in [6.07, 6.45) is -4.37. The molecule has 0 fully saturated rings. The van der Waals surface area contributed by atoms with E-state index in [0.717, 1.165) is 0 Å². The molecule has 0 atom stereocenters. The van der Waals surface area contributed by atoms with Gasteiger partial charge in [-0.2, -0.15) is 13.2 Å². The van der Waals surface area contributed by atoms with Crippen molar-refractivity contribution in [3.05, 3.63) is 33.6 Å². The van der Waals surface area contributed by atoms with Crippen LogP contribution < -0.4 is 0 Å². The van der Waals surface area contributed by atoms with Crippen LogP contribution in [0.4, 0.5) is 18.9 Å². The molecule has 0 N–H and O–H groups in total. The van der Waals surface area contributed by atoms with E-state index in [1.165, 1.54) is 6.92 Å². The number of carbonyl (C=O) groups excluding carboxylic acids is 1. The fraction of sp³-hybridized carbons (Fsp3) is 0.333. The van der Waals surface area contributed by atoms with Gasteiger partial charge >= 0.3 is 17.8 Å². The second kappa shape index (κ2) is 4.98. The van der Waals surface area contributed by atoms with Gasteiger partial charge in [0.25, 0.3) is 0 Å². The van der Waals surface area contributed by atoms with Gasteiger partial charge in [-0.05, 0) is 6.92 Å². The first-order valence-corrected chi connectivity index (χ1v) is 4.66. The third kappa shape index (κ3) is 2.93. The molecule has 9 heteroatoms. The average Bonchev–Trinajstić information content (AvgIpc) is 2.27. The highest BCUT2D eigenvalue weighted by Crippen LogP contribution is 2.34. The van der Waals surface area contributed by atoms with Crippen LogP contribution in [-0.2, 0) is 10.9 Å². The molecule has 98 valence electrons. The Labute approximate surface area is 98.5 Å². The monoisotopic (exact) mass is 264 g/mol. The molecule has 0 unspecified atom stereocenters. The van der Waals surface area contributed by atoms with Gasteiger partial charge in [-0.25, -0.2) is 9.78 Å². The minimum atomic E-state index is -4.96. The molecule has 1 aromatic heterocycles. The number of ether oxygens (including phenoxy) is 1. The zero-order valence-electron chi connectivity index (χ0n) is 9.02. The van der Waals surface area contributed by atoms with Crippen LogP contribution in [0.15, 0.2) is 12.3 Å². The predicted octanol–water partition coefficient (Wildman–Crippen LogP) is 2.19. The Bertz CT molecular complexity index is 487. The van der Waals surface area contributed by atoms with E-state index in [1.807, 2.05) is 0 Å². The van der Waals surface area contributed by atoms with Gasteiger partial charge in [-0.1, -0.05) is 0 Å². The quantitative estimate of drug-likeness (QED) is 0.474.